The highest BCUT2D eigenvalue weighted by Crippen LogP contribution is 2.39. The standard InChI is InChI=1S/C23H23N5O2/c1-26(2)15-6-16-27-21-9-4-3-7-19(21)22(25-20-8-5-14-24-23(20)27)17-10-12-18(13-11-17)28(29)30/h3-5,7-14H,6,15-16H2,1-2H3. The zero-order chi connectivity index (χ0) is 21.1. The number of aromatic nitrogens is 1. The van der Waals surface area contributed by atoms with Crippen molar-refractivity contribution < 1.29 is 4.92 Å². The Morgan fingerprint density at radius 2 is 1.80 bits per heavy atom. The van der Waals surface area contributed by atoms with Gasteiger partial charge >= 0.3 is 0 Å². The predicted octanol–water partition coefficient (Wildman–Crippen LogP) is 4.56. The molecule has 0 atom stereocenters. The van der Waals surface area contributed by atoms with E-state index in [1.54, 1.807) is 18.3 Å². The van der Waals surface area contributed by atoms with Crippen LogP contribution in [-0.2, 0) is 0 Å². The number of para-hydroxylation sites is 1. The summed E-state index contributed by atoms with van der Waals surface area (Å²) in [6.45, 7) is 1.78. The topological polar surface area (TPSA) is 74.9 Å². The number of hydrogen-bond donors (Lipinski definition) is 0. The van der Waals surface area contributed by atoms with Crippen LogP contribution in [0, 0.1) is 10.1 Å². The highest BCUT2D eigenvalue weighted by Gasteiger charge is 2.24. The zero-order valence-corrected chi connectivity index (χ0v) is 17.0. The maximum Gasteiger partial charge on any atom is 0.269 e. The molecule has 1 aliphatic rings. The van der Waals surface area contributed by atoms with Crippen LogP contribution in [0.5, 0.6) is 0 Å². The third-order valence-corrected chi connectivity index (χ3v) is 5.04. The zero-order valence-electron chi connectivity index (χ0n) is 17.0. The molecule has 0 bridgehead atoms. The van der Waals surface area contributed by atoms with E-state index in [0.29, 0.717) is 0 Å². The van der Waals surface area contributed by atoms with Crippen molar-refractivity contribution in [3.63, 3.8) is 0 Å². The number of rotatable bonds is 6. The highest BCUT2D eigenvalue weighted by atomic mass is 16.6. The first kappa shape index (κ1) is 19.7. The van der Waals surface area contributed by atoms with E-state index in [2.05, 4.69) is 34.9 Å². The summed E-state index contributed by atoms with van der Waals surface area (Å²) in [4.78, 5) is 24.6. The van der Waals surface area contributed by atoms with Gasteiger partial charge in [0.2, 0.25) is 0 Å². The Labute approximate surface area is 175 Å². The normalized spacial score (nSPS) is 12.8. The number of nitrogens with zero attached hydrogens (tertiary/aromatic N) is 5. The molecule has 3 aromatic rings. The van der Waals surface area contributed by atoms with Crippen LogP contribution in [0.1, 0.15) is 17.5 Å². The molecule has 30 heavy (non-hydrogen) atoms. The van der Waals surface area contributed by atoms with Crippen LogP contribution in [0.2, 0.25) is 0 Å². The fraction of sp³-hybridized carbons (Fsp3) is 0.217. The summed E-state index contributed by atoms with van der Waals surface area (Å²) in [7, 11) is 4.14. The molecule has 0 unspecified atom stereocenters. The molecule has 152 valence electrons. The van der Waals surface area contributed by atoms with Crippen LogP contribution in [0.15, 0.2) is 71.9 Å². The summed E-state index contributed by atoms with van der Waals surface area (Å²) in [6.07, 6.45) is 2.76. The molecule has 0 fully saturated rings. The molecule has 0 aliphatic carbocycles. The summed E-state index contributed by atoms with van der Waals surface area (Å²) < 4.78 is 0. The van der Waals surface area contributed by atoms with Gasteiger partial charge in [0.1, 0.15) is 5.69 Å². The number of nitro benzene ring substituents is 1. The molecular weight excluding hydrogens is 378 g/mol. The number of nitro groups is 1. The van der Waals surface area contributed by atoms with Crippen LogP contribution in [-0.4, -0.2) is 47.7 Å². The van der Waals surface area contributed by atoms with Crippen molar-refractivity contribution in [2.75, 3.05) is 32.1 Å². The molecule has 0 saturated heterocycles. The van der Waals surface area contributed by atoms with Crippen LogP contribution in [0.25, 0.3) is 0 Å². The maximum atomic E-state index is 11.1. The maximum absolute atomic E-state index is 11.1. The number of benzene rings is 2. The molecule has 0 saturated carbocycles. The summed E-state index contributed by atoms with van der Waals surface area (Å²) in [5, 5.41) is 11.1. The van der Waals surface area contributed by atoms with Gasteiger partial charge < -0.3 is 9.80 Å². The summed E-state index contributed by atoms with van der Waals surface area (Å²) in [5.74, 6) is 0.820. The monoisotopic (exact) mass is 401 g/mol. The minimum absolute atomic E-state index is 0.0636. The van der Waals surface area contributed by atoms with Gasteiger partial charge in [-0.25, -0.2) is 9.98 Å². The van der Waals surface area contributed by atoms with Crippen molar-refractivity contribution in [3.8, 4) is 0 Å². The van der Waals surface area contributed by atoms with Gasteiger partial charge in [0.15, 0.2) is 5.82 Å². The van der Waals surface area contributed by atoms with Crippen molar-refractivity contribution in [1.82, 2.24) is 9.88 Å². The molecule has 7 heteroatoms. The van der Waals surface area contributed by atoms with Crippen molar-refractivity contribution in [2.45, 2.75) is 6.42 Å². The van der Waals surface area contributed by atoms with E-state index in [-0.39, 0.29) is 5.69 Å². The lowest BCUT2D eigenvalue weighted by Crippen LogP contribution is -2.24. The van der Waals surface area contributed by atoms with E-state index in [1.807, 2.05) is 30.3 Å². The number of fused-ring (bicyclic) bond motifs is 2. The van der Waals surface area contributed by atoms with Gasteiger partial charge in [-0.15, -0.1) is 0 Å². The van der Waals surface area contributed by atoms with E-state index in [9.17, 15) is 10.1 Å². The van der Waals surface area contributed by atoms with E-state index < -0.39 is 4.92 Å². The Morgan fingerprint density at radius 3 is 2.53 bits per heavy atom. The molecule has 1 aromatic heterocycles. The highest BCUT2D eigenvalue weighted by molar-refractivity contribution is 6.18. The third kappa shape index (κ3) is 3.92. The number of non-ortho nitro benzene ring substituents is 1. The molecule has 1 aliphatic heterocycles. The smallest absolute Gasteiger partial charge is 0.269 e. The van der Waals surface area contributed by atoms with E-state index in [0.717, 1.165) is 53.5 Å². The molecule has 2 aromatic carbocycles. The predicted molar refractivity (Wildman–Crippen MR) is 119 cm³/mol. The molecule has 0 radical (unpaired) electrons. The van der Waals surface area contributed by atoms with Crippen molar-refractivity contribution >= 4 is 28.6 Å². The Kier molecular flexibility index (Phi) is 5.54. The molecular formula is C23H23N5O2. The molecule has 0 spiro atoms. The molecule has 4 rings (SSSR count). The minimum Gasteiger partial charge on any atom is -0.324 e. The Morgan fingerprint density at radius 1 is 1.03 bits per heavy atom. The SMILES string of the molecule is CN(C)CCCN1c2ccccc2C(c2ccc([N+](=O)[O-])cc2)=Nc2cccnc21. The molecule has 7 nitrogen and oxygen atoms in total. The van der Waals surface area contributed by atoms with E-state index in [4.69, 9.17) is 4.99 Å². The van der Waals surface area contributed by atoms with E-state index in [1.165, 1.54) is 12.1 Å². The lowest BCUT2D eigenvalue weighted by atomic mass is 10.00. The molecule has 0 N–H and O–H groups in total. The molecule has 2 heterocycles. The van der Waals surface area contributed by atoms with Crippen molar-refractivity contribution in [3.05, 3.63) is 88.1 Å². The number of anilines is 2. The Hall–Kier alpha value is -3.58. The number of hydrogen-bond acceptors (Lipinski definition) is 6. The van der Waals surface area contributed by atoms with Crippen molar-refractivity contribution in [1.29, 1.82) is 0 Å². The van der Waals surface area contributed by atoms with Gasteiger partial charge in [0, 0.05) is 36.0 Å². The second kappa shape index (κ2) is 8.42. The van der Waals surface area contributed by atoms with Crippen LogP contribution in [0.3, 0.4) is 0 Å². The van der Waals surface area contributed by atoms with Crippen LogP contribution < -0.4 is 4.90 Å². The van der Waals surface area contributed by atoms with Crippen LogP contribution in [0.4, 0.5) is 22.9 Å². The summed E-state index contributed by atoms with van der Waals surface area (Å²) in [5.41, 5.74) is 4.48. The van der Waals surface area contributed by atoms with Crippen molar-refractivity contribution in [2.24, 2.45) is 4.99 Å². The first-order valence-electron chi connectivity index (χ1n) is 9.85. The number of aliphatic imine (C=N–C) groups is 1. The Bertz CT molecular complexity index is 1090. The summed E-state index contributed by atoms with van der Waals surface area (Å²) in [6, 6.07) is 18.5. The lowest BCUT2D eigenvalue weighted by Gasteiger charge is -2.26. The largest absolute Gasteiger partial charge is 0.324 e. The lowest BCUT2D eigenvalue weighted by molar-refractivity contribution is -0.384. The fourth-order valence-corrected chi connectivity index (χ4v) is 3.62. The average molecular weight is 401 g/mol. The van der Waals surface area contributed by atoms with E-state index >= 15 is 0 Å². The van der Waals surface area contributed by atoms with Gasteiger partial charge in [-0.2, -0.15) is 0 Å². The second-order valence-corrected chi connectivity index (χ2v) is 7.44. The van der Waals surface area contributed by atoms with Crippen LogP contribution >= 0.6 is 0 Å². The third-order valence-electron chi connectivity index (χ3n) is 5.04. The minimum atomic E-state index is -0.391. The van der Waals surface area contributed by atoms with Gasteiger partial charge in [-0.05, 0) is 57.4 Å². The first-order chi connectivity index (χ1) is 14.5. The first-order valence-corrected chi connectivity index (χ1v) is 9.85. The second-order valence-electron chi connectivity index (χ2n) is 7.44. The van der Waals surface area contributed by atoms with Gasteiger partial charge in [0.05, 0.1) is 16.3 Å². The van der Waals surface area contributed by atoms with Gasteiger partial charge in [0.25, 0.3) is 5.69 Å². The Balaban J connectivity index is 1.83. The quantitative estimate of drug-likeness (QED) is 0.447. The summed E-state index contributed by atoms with van der Waals surface area (Å²) >= 11 is 0. The number of pyridine rings is 1. The molecule has 0 amide bonds. The van der Waals surface area contributed by atoms with Gasteiger partial charge in [-0.1, -0.05) is 18.2 Å². The average Bonchev–Trinajstić information content (AvgIpc) is 2.89. The van der Waals surface area contributed by atoms with Gasteiger partial charge in [-0.3, -0.25) is 10.1 Å². The fourth-order valence-electron chi connectivity index (χ4n) is 3.62.